The Bertz CT molecular complexity index is 766. The van der Waals surface area contributed by atoms with E-state index in [1.807, 2.05) is 30.3 Å². The molecule has 0 unspecified atom stereocenters. The number of benzene rings is 1. The fraction of sp³-hybridized carbons (Fsp3) is 0.474. The number of piperidine rings is 1. The van der Waals surface area contributed by atoms with E-state index >= 15 is 0 Å². The van der Waals surface area contributed by atoms with E-state index in [1.54, 1.807) is 11.9 Å². The molecule has 0 radical (unpaired) electrons. The molecule has 0 saturated carbocycles. The van der Waals surface area contributed by atoms with Gasteiger partial charge < -0.3 is 9.80 Å². The van der Waals surface area contributed by atoms with Gasteiger partial charge in [0.1, 0.15) is 9.84 Å². The van der Waals surface area contributed by atoms with Gasteiger partial charge in [-0.15, -0.1) is 0 Å². The number of carbonyl (C=O) groups excluding carboxylic acids is 2. The van der Waals surface area contributed by atoms with Gasteiger partial charge in [-0.3, -0.25) is 9.59 Å². The van der Waals surface area contributed by atoms with E-state index in [0.717, 1.165) is 11.8 Å². The lowest BCUT2D eigenvalue weighted by molar-refractivity contribution is -0.140. The normalized spacial score (nSPS) is 16.8. The first kappa shape index (κ1) is 20.2. The lowest BCUT2D eigenvalue weighted by Crippen LogP contribution is -2.53. The van der Waals surface area contributed by atoms with E-state index < -0.39 is 15.3 Å². The van der Waals surface area contributed by atoms with Crippen molar-refractivity contribution in [3.05, 3.63) is 48.6 Å². The predicted octanol–water partition coefficient (Wildman–Crippen LogP) is 1.24. The van der Waals surface area contributed by atoms with Crippen molar-refractivity contribution in [2.45, 2.75) is 18.3 Å². The Balaban J connectivity index is 2.27. The summed E-state index contributed by atoms with van der Waals surface area (Å²) < 4.78 is 22.9. The van der Waals surface area contributed by atoms with Gasteiger partial charge in [-0.2, -0.15) is 0 Å². The highest BCUT2D eigenvalue weighted by Gasteiger charge is 2.44. The van der Waals surface area contributed by atoms with Crippen LogP contribution in [0.4, 0.5) is 0 Å². The maximum atomic E-state index is 13.3. The highest BCUT2D eigenvalue weighted by Crippen LogP contribution is 2.37. The molecule has 26 heavy (non-hydrogen) atoms. The highest BCUT2D eigenvalue weighted by molar-refractivity contribution is 7.90. The maximum absolute atomic E-state index is 13.3. The standard InChI is InChI=1S/C19H26N2O4S/c1-4-17(22)21-12-10-19(11-13-21,16-8-6-5-7-9-16)18(23)20(2)14-15-26(3,24)25/h4-9H,1,10-15H2,2-3H3. The first-order valence-corrected chi connectivity index (χ1v) is 10.7. The van der Waals surface area contributed by atoms with Crippen LogP contribution in [-0.4, -0.2) is 68.7 Å². The van der Waals surface area contributed by atoms with Crippen molar-refractivity contribution in [2.24, 2.45) is 0 Å². The van der Waals surface area contributed by atoms with Gasteiger partial charge in [-0.1, -0.05) is 36.9 Å². The van der Waals surface area contributed by atoms with Crippen LogP contribution < -0.4 is 0 Å². The smallest absolute Gasteiger partial charge is 0.245 e. The second kappa shape index (κ2) is 8.03. The van der Waals surface area contributed by atoms with Crippen molar-refractivity contribution in [3.8, 4) is 0 Å². The summed E-state index contributed by atoms with van der Waals surface area (Å²) >= 11 is 0. The van der Waals surface area contributed by atoms with E-state index in [2.05, 4.69) is 6.58 Å². The highest BCUT2D eigenvalue weighted by atomic mass is 32.2. The van der Waals surface area contributed by atoms with Gasteiger partial charge in [-0.05, 0) is 24.5 Å². The third-order valence-electron chi connectivity index (χ3n) is 4.98. The Hall–Kier alpha value is -2.15. The van der Waals surface area contributed by atoms with Crippen molar-refractivity contribution < 1.29 is 18.0 Å². The summed E-state index contributed by atoms with van der Waals surface area (Å²) in [5.74, 6) is -0.302. The molecule has 1 aliphatic heterocycles. The van der Waals surface area contributed by atoms with Gasteiger partial charge in [0.2, 0.25) is 11.8 Å². The summed E-state index contributed by atoms with van der Waals surface area (Å²) in [7, 11) is -1.51. The average molecular weight is 378 g/mol. The first-order valence-electron chi connectivity index (χ1n) is 8.60. The minimum absolute atomic E-state index is 0.0683. The molecule has 0 N–H and O–H groups in total. The molecule has 0 aromatic heterocycles. The zero-order valence-corrected chi connectivity index (χ0v) is 16.2. The number of carbonyl (C=O) groups is 2. The molecule has 1 aromatic rings. The Morgan fingerprint density at radius 2 is 1.81 bits per heavy atom. The molecule has 0 atom stereocenters. The van der Waals surface area contributed by atoms with Crippen molar-refractivity contribution >= 4 is 21.7 Å². The summed E-state index contributed by atoms with van der Waals surface area (Å²) in [6.45, 7) is 4.60. The van der Waals surface area contributed by atoms with Crippen molar-refractivity contribution in [3.63, 3.8) is 0 Å². The number of likely N-dealkylation sites (tertiary alicyclic amines) is 1. The van der Waals surface area contributed by atoms with E-state index in [4.69, 9.17) is 0 Å². The molecule has 1 saturated heterocycles. The van der Waals surface area contributed by atoms with E-state index in [0.29, 0.717) is 25.9 Å². The lowest BCUT2D eigenvalue weighted by atomic mass is 9.71. The fourth-order valence-corrected chi connectivity index (χ4v) is 4.00. The number of hydrogen-bond donors (Lipinski definition) is 0. The first-order chi connectivity index (χ1) is 12.2. The summed E-state index contributed by atoms with van der Waals surface area (Å²) in [6.07, 6.45) is 3.45. The second-order valence-electron chi connectivity index (χ2n) is 6.83. The molecule has 142 valence electrons. The molecule has 1 aromatic carbocycles. The number of hydrogen-bond acceptors (Lipinski definition) is 4. The molecular weight excluding hydrogens is 352 g/mol. The van der Waals surface area contributed by atoms with Gasteiger partial charge in [0.15, 0.2) is 0 Å². The molecule has 2 amide bonds. The molecular formula is C19H26N2O4S. The van der Waals surface area contributed by atoms with Gasteiger partial charge in [0, 0.05) is 32.9 Å². The second-order valence-corrected chi connectivity index (χ2v) is 9.09. The Morgan fingerprint density at radius 1 is 1.23 bits per heavy atom. The van der Waals surface area contributed by atoms with Crippen LogP contribution in [0.3, 0.4) is 0 Å². The van der Waals surface area contributed by atoms with E-state index in [9.17, 15) is 18.0 Å². The largest absolute Gasteiger partial charge is 0.344 e. The monoisotopic (exact) mass is 378 g/mol. The van der Waals surface area contributed by atoms with Gasteiger partial charge >= 0.3 is 0 Å². The molecule has 0 spiro atoms. The van der Waals surface area contributed by atoms with Crippen molar-refractivity contribution in [1.29, 1.82) is 0 Å². The number of rotatable bonds is 6. The summed E-state index contributed by atoms with van der Waals surface area (Å²) in [5, 5.41) is 0. The molecule has 2 rings (SSSR count). The van der Waals surface area contributed by atoms with Crippen LogP contribution in [0.1, 0.15) is 18.4 Å². The average Bonchev–Trinajstić information content (AvgIpc) is 2.65. The van der Waals surface area contributed by atoms with Crippen LogP contribution in [0, 0.1) is 0 Å². The van der Waals surface area contributed by atoms with Gasteiger partial charge in [0.05, 0.1) is 11.2 Å². The van der Waals surface area contributed by atoms with E-state index in [1.165, 1.54) is 11.0 Å². The summed E-state index contributed by atoms with van der Waals surface area (Å²) in [5.41, 5.74) is 0.160. The van der Waals surface area contributed by atoms with Crippen molar-refractivity contribution in [2.75, 3.05) is 38.7 Å². The maximum Gasteiger partial charge on any atom is 0.245 e. The quantitative estimate of drug-likeness (QED) is 0.698. The molecule has 1 heterocycles. The summed E-state index contributed by atoms with van der Waals surface area (Å²) in [4.78, 5) is 28.4. The number of sulfone groups is 1. The van der Waals surface area contributed by atoms with Crippen LogP contribution in [-0.2, 0) is 24.8 Å². The van der Waals surface area contributed by atoms with Crippen LogP contribution in [0.15, 0.2) is 43.0 Å². The topological polar surface area (TPSA) is 74.8 Å². The molecule has 0 bridgehead atoms. The third-order valence-corrected chi connectivity index (χ3v) is 5.91. The van der Waals surface area contributed by atoms with Gasteiger partial charge in [-0.25, -0.2) is 8.42 Å². The third kappa shape index (κ3) is 4.52. The van der Waals surface area contributed by atoms with Crippen LogP contribution in [0.2, 0.25) is 0 Å². The molecule has 1 fully saturated rings. The lowest BCUT2D eigenvalue weighted by Gasteiger charge is -2.42. The molecule has 1 aliphatic rings. The Kier molecular flexibility index (Phi) is 6.23. The minimum atomic E-state index is -3.15. The predicted molar refractivity (Wildman–Crippen MR) is 101 cm³/mol. The number of likely N-dealkylation sites (N-methyl/N-ethyl adjacent to an activating group) is 1. The number of nitrogens with zero attached hydrogens (tertiary/aromatic N) is 2. The van der Waals surface area contributed by atoms with Crippen LogP contribution >= 0.6 is 0 Å². The number of amides is 2. The van der Waals surface area contributed by atoms with Gasteiger partial charge in [0.25, 0.3) is 0 Å². The molecule has 0 aliphatic carbocycles. The molecule has 6 nitrogen and oxygen atoms in total. The van der Waals surface area contributed by atoms with Crippen LogP contribution in [0.5, 0.6) is 0 Å². The van der Waals surface area contributed by atoms with Crippen LogP contribution in [0.25, 0.3) is 0 Å². The zero-order valence-electron chi connectivity index (χ0n) is 15.3. The Labute approximate surface area is 155 Å². The van der Waals surface area contributed by atoms with E-state index in [-0.39, 0.29) is 24.1 Å². The van der Waals surface area contributed by atoms with Crippen molar-refractivity contribution in [1.82, 2.24) is 9.80 Å². The summed E-state index contributed by atoms with van der Waals surface area (Å²) in [6, 6.07) is 9.52. The molecule has 7 heteroatoms. The SMILES string of the molecule is C=CC(=O)N1CCC(C(=O)N(C)CCS(C)(=O)=O)(c2ccccc2)CC1. The Morgan fingerprint density at radius 3 is 2.31 bits per heavy atom. The minimum Gasteiger partial charge on any atom is -0.344 e. The zero-order chi connectivity index (χ0) is 19.4. The fourth-order valence-electron chi connectivity index (χ4n) is 3.39.